The van der Waals surface area contributed by atoms with Gasteiger partial charge in [0.15, 0.2) is 0 Å². The first-order valence-electron chi connectivity index (χ1n) is 5.89. The highest BCUT2D eigenvalue weighted by Gasteiger charge is 2.14. The van der Waals surface area contributed by atoms with Crippen LogP contribution in [0.3, 0.4) is 0 Å². The topological polar surface area (TPSA) is 77.5 Å². The first-order chi connectivity index (χ1) is 9.10. The zero-order valence-corrected chi connectivity index (χ0v) is 10.8. The second kappa shape index (κ2) is 5.48. The van der Waals surface area contributed by atoms with Gasteiger partial charge in [0.1, 0.15) is 11.5 Å². The van der Waals surface area contributed by atoms with Crippen LogP contribution < -0.4 is 15.8 Å². The van der Waals surface area contributed by atoms with Gasteiger partial charge in [0.2, 0.25) is 0 Å². The van der Waals surface area contributed by atoms with Crippen molar-refractivity contribution < 1.29 is 13.9 Å². The molecule has 1 unspecified atom stereocenters. The van der Waals surface area contributed by atoms with Gasteiger partial charge in [0.05, 0.1) is 19.4 Å². The quantitative estimate of drug-likeness (QED) is 0.827. The number of amides is 1. The minimum absolute atomic E-state index is 0.213. The van der Waals surface area contributed by atoms with Gasteiger partial charge >= 0.3 is 0 Å². The van der Waals surface area contributed by atoms with Gasteiger partial charge in [-0.3, -0.25) is 4.79 Å². The van der Waals surface area contributed by atoms with E-state index in [0.717, 1.165) is 0 Å². The molecular formula is C14H16N2O3. The molecule has 1 atom stereocenters. The Kier molecular flexibility index (Phi) is 3.75. The van der Waals surface area contributed by atoms with E-state index in [1.807, 2.05) is 13.0 Å². The SMILES string of the molecule is COc1cc(N)cc(C(=O)NC(C)c2ccco2)c1. The third-order valence-corrected chi connectivity index (χ3v) is 2.74. The molecule has 5 heteroatoms. The van der Waals surface area contributed by atoms with Crippen LogP contribution in [0.2, 0.25) is 0 Å². The maximum atomic E-state index is 12.1. The molecule has 1 amide bonds. The van der Waals surface area contributed by atoms with Gasteiger partial charge in [-0.25, -0.2) is 0 Å². The Hall–Kier alpha value is -2.43. The Balaban J connectivity index is 2.13. The lowest BCUT2D eigenvalue weighted by molar-refractivity contribution is 0.0935. The van der Waals surface area contributed by atoms with Crippen molar-refractivity contribution in [1.29, 1.82) is 0 Å². The highest BCUT2D eigenvalue weighted by molar-refractivity contribution is 5.95. The molecule has 0 fully saturated rings. The maximum absolute atomic E-state index is 12.1. The normalized spacial score (nSPS) is 11.9. The molecular weight excluding hydrogens is 244 g/mol. The Morgan fingerprint density at radius 1 is 1.42 bits per heavy atom. The highest BCUT2D eigenvalue weighted by atomic mass is 16.5. The monoisotopic (exact) mass is 260 g/mol. The number of nitrogens with two attached hydrogens (primary N) is 1. The molecule has 0 aliphatic carbocycles. The third kappa shape index (κ3) is 3.07. The fraction of sp³-hybridized carbons (Fsp3) is 0.214. The number of rotatable bonds is 4. The van der Waals surface area contributed by atoms with Crippen LogP contribution in [0.25, 0.3) is 0 Å². The lowest BCUT2D eigenvalue weighted by Gasteiger charge is -2.12. The molecule has 19 heavy (non-hydrogen) atoms. The van der Waals surface area contributed by atoms with Crippen LogP contribution in [0.5, 0.6) is 5.75 Å². The lowest BCUT2D eigenvalue weighted by Crippen LogP contribution is -2.26. The van der Waals surface area contributed by atoms with Crippen LogP contribution in [-0.4, -0.2) is 13.0 Å². The molecule has 5 nitrogen and oxygen atoms in total. The van der Waals surface area contributed by atoms with Crippen molar-refractivity contribution >= 4 is 11.6 Å². The number of methoxy groups -OCH3 is 1. The van der Waals surface area contributed by atoms with Crippen molar-refractivity contribution in [2.24, 2.45) is 0 Å². The summed E-state index contributed by atoms with van der Waals surface area (Å²) in [7, 11) is 1.53. The van der Waals surface area contributed by atoms with Crippen molar-refractivity contribution in [3.63, 3.8) is 0 Å². The van der Waals surface area contributed by atoms with Crippen LogP contribution in [0, 0.1) is 0 Å². The summed E-state index contributed by atoms with van der Waals surface area (Å²) >= 11 is 0. The Bertz CT molecular complexity index is 564. The van der Waals surface area contributed by atoms with Crippen LogP contribution in [-0.2, 0) is 0 Å². The van der Waals surface area contributed by atoms with E-state index in [-0.39, 0.29) is 11.9 Å². The van der Waals surface area contributed by atoms with Crippen LogP contribution in [0.4, 0.5) is 5.69 Å². The maximum Gasteiger partial charge on any atom is 0.252 e. The highest BCUT2D eigenvalue weighted by Crippen LogP contribution is 2.19. The molecule has 0 aliphatic rings. The van der Waals surface area contributed by atoms with Gasteiger partial charge < -0.3 is 20.2 Å². The number of ether oxygens (including phenoxy) is 1. The van der Waals surface area contributed by atoms with Crippen LogP contribution in [0.15, 0.2) is 41.0 Å². The molecule has 0 radical (unpaired) electrons. The van der Waals surface area contributed by atoms with E-state index in [1.54, 1.807) is 30.5 Å². The molecule has 0 saturated heterocycles. The number of hydrogen-bond donors (Lipinski definition) is 2. The number of nitrogens with one attached hydrogen (secondary N) is 1. The molecule has 2 rings (SSSR count). The van der Waals surface area contributed by atoms with Gasteiger partial charge in [0.25, 0.3) is 5.91 Å². The fourth-order valence-electron chi connectivity index (χ4n) is 1.76. The Morgan fingerprint density at radius 2 is 2.21 bits per heavy atom. The number of furan rings is 1. The lowest BCUT2D eigenvalue weighted by atomic mass is 10.1. The first kappa shape index (κ1) is 13.0. The molecule has 0 spiro atoms. The summed E-state index contributed by atoms with van der Waals surface area (Å²) in [6, 6.07) is 8.28. The fourth-order valence-corrected chi connectivity index (χ4v) is 1.76. The van der Waals surface area contributed by atoms with Crippen molar-refractivity contribution in [3.05, 3.63) is 47.9 Å². The van der Waals surface area contributed by atoms with Crippen molar-refractivity contribution in [2.45, 2.75) is 13.0 Å². The summed E-state index contributed by atoms with van der Waals surface area (Å²) in [6.07, 6.45) is 1.57. The number of anilines is 1. The summed E-state index contributed by atoms with van der Waals surface area (Å²) < 4.78 is 10.3. The van der Waals surface area contributed by atoms with Crippen LogP contribution in [0.1, 0.15) is 29.1 Å². The van der Waals surface area contributed by atoms with Crippen molar-refractivity contribution in [3.8, 4) is 5.75 Å². The molecule has 100 valence electrons. The predicted molar refractivity (Wildman–Crippen MR) is 72.0 cm³/mol. The summed E-state index contributed by atoms with van der Waals surface area (Å²) in [6.45, 7) is 1.85. The van der Waals surface area contributed by atoms with E-state index in [0.29, 0.717) is 22.8 Å². The van der Waals surface area contributed by atoms with Crippen molar-refractivity contribution in [2.75, 3.05) is 12.8 Å². The van der Waals surface area contributed by atoms with E-state index in [2.05, 4.69) is 5.32 Å². The standard InChI is InChI=1S/C14H16N2O3/c1-9(13-4-3-5-19-13)16-14(17)10-6-11(15)8-12(7-10)18-2/h3-9H,15H2,1-2H3,(H,16,17). The zero-order valence-electron chi connectivity index (χ0n) is 10.8. The van der Waals surface area contributed by atoms with Crippen molar-refractivity contribution in [1.82, 2.24) is 5.32 Å². The molecule has 2 aromatic rings. The second-order valence-corrected chi connectivity index (χ2v) is 4.21. The van der Waals surface area contributed by atoms with E-state index >= 15 is 0 Å². The predicted octanol–water partition coefficient (Wildman–Crippen LogP) is 2.36. The smallest absolute Gasteiger partial charge is 0.252 e. The summed E-state index contributed by atoms with van der Waals surface area (Å²) in [5.41, 5.74) is 6.66. The summed E-state index contributed by atoms with van der Waals surface area (Å²) in [5, 5.41) is 2.83. The van der Waals surface area contributed by atoms with E-state index in [1.165, 1.54) is 7.11 Å². The number of hydrogen-bond acceptors (Lipinski definition) is 4. The largest absolute Gasteiger partial charge is 0.497 e. The Morgan fingerprint density at radius 3 is 2.84 bits per heavy atom. The molecule has 0 aliphatic heterocycles. The van der Waals surface area contributed by atoms with E-state index in [9.17, 15) is 4.79 Å². The Labute approximate surface area is 111 Å². The summed E-state index contributed by atoms with van der Waals surface area (Å²) in [5.74, 6) is 1.02. The van der Waals surface area contributed by atoms with Gasteiger partial charge in [-0.05, 0) is 31.2 Å². The average molecular weight is 260 g/mol. The number of carbonyl (C=O) groups excluding carboxylic acids is 1. The molecule has 1 heterocycles. The van der Waals surface area contributed by atoms with E-state index in [4.69, 9.17) is 14.9 Å². The van der Waals surface area contributed by atoms with Gasteiger partial charge in [-0.15, -0.1) is 0 Å². The third-order valence-electron chi connectivity index (χ3n) is 2.74. The summed E-state index contributed by atoms with van der Waals surface area (Å²) in [4.78, 5) is 12.1. The molecule has 0 saturated carbocycles. The van der Waals surface area contributed by atoms with Gasteiger partial charge in [-0.2, -0.15) is 0 Å². The molecule has 1 aromatic heterocycles. The average Bonchev–Trinajstić information content (AvgIpc) is 2.91. The minimum Gasteiger partial charge on any atom is -0.497 e. The molecule has 0 bridgehead atoms. The minimum atomic E-state index is -0.227. The number of benzene rings is 1. The second-order valence-electron chi connectivity index (χ2n) is 4.21. The number of carbonyl (C=O) groups is 1. The van der Waals surface area contributed by atoms with Gasteiger partial charge in [-0.1, -0.05) is 0 Å². The zero-order chi connectivity index (χ0) is 13.8. The van der Waals surface area contributed by atoms with Crippen LogP contribution >= 0.6 is 0 Å². The first-order valence-corrected chi connectivity index (χ1v) is 5.89. The van der Waals surface area contributed by atoms with E-state index < -0.39 is 0 Å². The molecule has 3 N–H and O–H groups in total. The van der Waals surface area contributed by atoms with Gasteiger partial charge in [0, 0.05) is 17.3 Å². The number of nitrogen functional groups attached to an aromatic ring is 1. The molecule has 1 aromatic carbocycles.